The minimum Gasteiger partial charge on any atom is -0.467 e. The molecule has 4 rings (SSSR count). The number of rotatable bonds is 7. The number of anilines is 2. The molecule has 10 heteroatoms. The number of carbonyl (C=O) groups excluding carboxylic acids is 1. The summed E-state index contributed by atoms with van der Waals surface area (Å²) in [5.74, 6) is 0.647. The molecule has 1 aliphatic rings. The van der Waals surface area contributed by atoms with Gasteiger partial charge in [-0.15, -0.1) is 0 Å². The maximum absolute atomic E-state index is 12.4. The standard InChI is InChI=1S/C22H22N6O4/c1-30-22-25-20(24-21(26-22)28-11-13-31-14-12-28)27-23-15-17-9-5-6-10-18(17)32-19(29)16-7-3-2-4-8-16/h2-10,15H,11-14H2,1H3,(H,24,25,26,27)/b23-15-. The number of carbonyl (C=O) groups is 1. The number of morpholine rings is 1. The Balaban J connectivity index is 1.48. The first-order chi connectivity index (χ1) is 15.7. The second-order valence-electron chi connectivity index (χ2n) is 6.71. The molecule has 0 unspecified atom stereocenters. The van der Waals surface area contributed by atoms with Gasteiger partial charge in [0.1, 0.15) is 5.75 Å². The summed E-state index contributed by atoms with van der Waals surface area (Å²) in [4.78, 5) is 27.2. The van der Waals surface area contributed by atoms with Crippen molar-refractivity contribution in [2.75, 3.05) is 43.7 Å². The molecule has 3 aromatic rings. The average Bonchev–Trinajstić information content (AvgIpc) is 2.86. The highest BCUT2D eigenvalue weighted by atomic mass is 16.5. The van der Waals surface area contributed by atoms with E-state index in [4.69, 9.17) is 14.2 Å². The van der Waals surface area contributed by atoms with Gasteiger partial charge in [-0.2, -0.15) is 20.1 Å². The van der Waals surface area contributed by atoms with Crippen LogP contribution in [0.15, 0.2) is 59.7 Å². The van der Waals surface area contributed by atoms with Gasteiger partial charge in [0.25, 0.3) is 5.95 Å². The van der Waals surface area contributed by atoms with Crippen LogP contribution in [0.5, 0.6) is 11.8 Å². The highest BCUT2D eigenvalue weighted by molar-refractivity contribution is 5.93. The van der Waals surface area contributed by atoms with Gasteiger partial charge < -0.3 is 19.1 Å². The minimum atomic E-state index is -0.447. The lowest BCUT2D eigenvalue weighted by molar-refractivity contribution is 0.0734. The Kier molecular flexibility index (Phi) is 6.83. The number of benzene rings is 2. The van der Waals surface area contributed by atoms with Crippen LogP contribution < -0.4 is 19.8 Å². The fourth-order valence-corrected chi connectivity index (χ4v) is 2.96. The first kappa shape index (κ1) is 21.2. The number of ether oxygens (including phenoxy) is 3. The van der Waals surface area contributed by atoms with Gasteiger partial charge in [-0.1, -0.05) is 30.3 Å². The van der Waals surface area contributed by atoms with Crippen LogP contribution in [-0.4, -0.2) is 60.5 Å². The van der Waals surface area contributed by atoms with Crippen LogP contribution in [0.1, 0.15) is 15.9 Å². The minimum absolute atomic E-state index is 0.177. The van der Waals surface area contributed by atoms with Gasteiger partial charge in [-0.05, 0) is 24.3 Å². The smallest absolute Gasteiger partial charge is 0.343 e. The van der Waals surface area contributed by atoms with Gasteiger partial charge in [0.2, 0.25) is 5.95 Å². The largest absolute Gasteiger partial charge is 0.467 e. The summed E-state index contributed by atoms with van der Waals surface area (Å²) in [6.45, 7) is 2.56. The van der Waals surface area contributed by atoms with E-state index < -0.39 is 5.97 Å². The van der Waals surface area contributed by atoms with Crippen molar-refractivity contribution in [2.45, 2.75) is 0 Å². The van der Waals surface area contributed by atoms with Crippen molar-refractivity contribution in [3.05, 3.63) is 65.7 Å². The summed E-state index contributed by atoms with van der Waals surface area (Å²) in [6, 6.07) is 16.1. The highest BCUT2D eigenvalue weighted by Gasteiger charge is 2.17. The SMILES string of the molecule is COc1nc(N/N=C\c2ccccc2OC(=O)c2ccccc2)nc(N2CCOCC2)n1. The van der Waals surface area contributed by atoms with E-state index in [0.29, 0.717) is 49.1 Å². The second kappa shape index (κ2) is 10.3. The quantitative estimate of drug-likeness (QED) is 0.259. The third-order valence-electron chi connectivity index (χ3n) is 4.58. The van der Waals surface area contributed by atoms with Crippen molar-refractivity contribution < 1.29 is 19.0 Å². The van der Waals surface area contributed by atoms with E-state index >= 15 is 0 Å². The molecule has 164 valence electrons. The first-order valence-corrected chi connectivity index (χ1v) is 10.0. The van der Waals surface area contributed by atoms with E-state index in [2.05, 4.69) is 25.5 Å². The van der Waals surface area contributed by atoms with Crippen LogP contribution in [0, 0.1) is 0 Å². The summed E-state index contributed by atoms with van der Waals surface area (Å²) in [5, 5.41) is 4.20. The van der Waals surface area contributed by atoms with Crippen molar-refractivity contribution in [1.29, 1.82) is 0 Å². The lowest BCUT2D eigenvalue weighted by Gasteiger charge is -2.26. The number of nitrogens with zero attached hydrogens (tertiary/aromatic N) is 5. The molecule has 2 heterocycles. The summed E-state index contributed by atoms with van der Waals surface area (Å²) < 4.78 is 16.1. The monoisotopic (exact) mass is 434 g/mol. The number of hydrogen-bond acceptors (Lipinski definition) is 10. The van der Waals surface area contributed by atoms with Gasteiger partial charge in [0, 0.05) is 18.7 Å². The fourth-order valence-electron chi connectivity index (χ4n) is 2.96. The lowest BCUT2D eigenvalue weighted by Crippen LogP contribution is -2.37. The molecule has 1 fully saturated rings. The van der Waals surface area contributed by atoms with E-state index in [-0.39, 0.29) is 12.0 Å². The number of para-hydroxylation sites is 1. The van der Waals surface area contributed by atoms with Crippen molar-refractivity contribution in [3.63, 3.8) is 0 Å². The highest BCUT2D eigenvalue weighted by Crippen LogP contribution is 2.19. The van der Waals surface area contributed by atoms with Crippen LogP contribution in [0.4, 0.5) is 11.9 Å². The number of esters is 1. The van der Waals surface area contributed by atoms with Crippen molar-refractivity contribution in [3.8, 4) is 11.8 Å². The number of aromatic nitrogens is 3. The average molecular weight is 434 g/mol. The second-order valence-corrected chi connectivity index (χ2v) is 6.71. The molecule has 1 N–H and O–H groups in total. The van der Waals surface area contributed by atoms with Crippen LogP contribution >= 0.6 is 0 Å². The van der Waals surface area contributed by atoms with Crippen molar-refractivity contribution in [2.24, 2.45) is 5.10 Å². The molecule has 0 bridgehead atoms. The molecule has 1 aromatic heterocycles. The number of methoxy groups -OCH3 is 1. The van der Waals surface area contributed by atoms with E-state index in [1.54, 1.807) is 42.5 Å². The van der Waals surface area contributed by atoms with Gasteiger partial charge >= 0.3 is 12.0 Å². The Labute approximate surface area is 184 Å². The molecule has 1 aliphatic heterocycles. The molecule has 0 radical (unpaired) electrons. The molecule has 0 atom stereocenters. The first-order valence-electron chi connectivity index (χ1n) is 10.0. The number of hydrazone groups is 1. The number of nitrogens with one attached hydrogen (secondary N) is 1. The van der Waals surface area contributed by atoms with Gasteiger partial charge in [-0.3, -0.25) is 0 Å². The normalized spacial score (nSPS) is 13.7. The van der Waals surface area contributed by atoms with Crippen LogP contribution in [0.3, 0.4) is 0 Å². The van der Waals surface area contributed by atoms with E-state index in [1.807, 2.05) is 17.0 Å². The molecular formula is C22H22N6O4. The summed E-state index contributed by atoms with van der Waals surface area (Å²) in [6.07, 6.45) is 1.53. The molecule has 32 heavy (non-hydrogen) atoms. The van der Waals surface area contributed by atoms with Crippen LogP contribution in [-0.2, 0) is 4.74 Å². The third kappa shape index (κ3) is 5.35. The molecule has 0 saturated carbocycles. The topological polar surface area (TPSA) is 111 Å². The Morgan fingerprint density at radius 2 is 1.81 bits per heavy atom. The zero-order chi connectivity index (χ0) is 22.2. The summed E-state index contributed by atoms with van der Waals surface area (Å²) >= 11 is 0. The number of hydrogen-bond donors (Lipinski definition) is 1. The van der Waals surface area contributed by atoms with E-state index in [1.165, 1.54) is 13.3 Å². The van der Waals surface area contributed by atoms with Crippen molar-refractivity contribution in [1.82, 2.24) is 15.0 Å². The molecule has 0 amide bonds. The molecule has 0 aliphatic carbocycles. The van der Waals surface area contributed by atoms with Gasteiger partial charge in [0.05, 0.1) is 32.1 Å². The van der Waals surface area contributed by atoms with Gasteiger partial charge in [-0.25, -0.2) is 10.2 Å². The fraction of sp³-hybridized carbons (Fsp3) is 0.227. The molecule has 1 saturated heterocycles. The Morgan fingerprint density at radius 1 is 1.06 bits per heavy atom. The lowest BCUT2D eigenvalue weighted by atomic mass is 10.2. The van der Waals surface area contributed by atoms with E-state index in [9.17, 15) is 4.79 Å². The third-order valence-corrected chi connectivity index (χ3v) is 4.58. The van der Waals surface area contributed by atoms with Crippen LogP contribution in [0.25, 0.3) is 0 Å². The zero-order valence-corrected chi connectivity index (χ0v) is 17.5. The maximum atomic E-state index is 12.4. The summed E-state index contributed by atoms with van der Waals surface area (Å²) in [5.41, 5.74) is 3.86. The Morgan fingerprint density at radius 3 is 2.59 bits per heavy atom. The van der Waals surface area contributed by atoms with Crippen LogP contribution in [0.2, 0.25) is 0 Å². The molecule has 10 nitrogen and oxygen atoms in total. The predicted octanol–water partition coefficient (Wildman–Crippen LogP) is 2.38. The predicted molar refractivity (Wildman–Crippen MR) is 118 cm³/mol. The van der Waals surface area contributed by atoms with Gasteiger partial charge in [0.15, 0.2) is 0 Å². The molecule has 2 aromatic carbocycles. The molecular weight excluding hydrogens is 412 g/mol. The summed E-state index contributed by atoms with van der Waals surface area (Å²) in [7, 11) is 1.49. The van der Waals surface area contributed by atoms with E-state index in [0.717, 1.165) is 0 Å². The zero-order valence-electron chi connectivity index (χ0n) is 17.5. The van der Waals surface area contributed by atoms with Crippen molar-refractivity contribution >= 4 is 24.1 Å². The molecule has 0 spiro atoms. The maximum Gasteiger partial charge on any atom is 0.343 e. The Bertz CT molecular complexity index is 1090. The Hall–Kier alpha value is -4.05.